The van der Waals surface area contributed by atoms with Crippen molar-refractivity contribution in [2.45, 2.75) is 0 Å². The van der Waals surface area contributed by atoms with Crippen molar-refractivity contribution in [2.24, 2.45) is 0 Å². The Morgan fingerprint density at radius 3 is 1.50 bits per heavy atom. The third-order valence-corrected chi connectivity index (χ3v) is 0.607. The van der Waals surface area contributed by atoms with Crippen LogP contribution in [0, 0.1) is 6.07 Å². The predicted molar refractivity (Wildman–Crippen MR) is 32.6 cm³/mol. The molecule has 38 valence electrons. The minimum Gasteiger partial charge on any atom is -2.00 e. The summed E-state index contributed by atoms with van der Waals surface area (Å²) in [4.78, 5) is 0. The molecule has 0 aromatic heterocycles. The molecular weight excluding hydrogens is 143 g/mol. The Hall–Kier alpha value is 1.21. The summed E-state index contributed by atoms with van der Waals surface area (Å²) >= 11 is 0. The van der Waals surface area contributed by atoms with Gasteiger partial charge < -0.3 is 13.5 Å². The Morgan fingerprint density at radius 2 is 1.38 bits per heavy atom. The van der Waals surface area contributed by atoms with Crippen molar-refractivity contribution in [1.82, 2.24) is 0 Å². The first kappa shape index (κ1) is 11.9. The van der Waals surface area contributed by atoms with Crippen molar-refractivity contribution in [3.63, 3.8) is 0 Å². The van der Waals surface area contributed by atoms with Gasteiger partial charge in [0.2, 0.25) is 0 Å². The molecule has 0 aliphatic rings. The van der Waals surface area contributed by atoms with Crippen molar-refractivity contribution in [3.05, 3.63) is 36.4 Å². The summed E-state index contributed by atoms with van der Waals surface area (Å²) in [5.74, 6) is 0. The van der Waals surface area contributed by atoms with E-state index in [2.05, 4.69) is 6.07 Å². The Morgan fingerprint density at radius 1 is 0.875 bits per heavy atom. The van der Waals surface area contributed by atoms with Crippen LogP contribution in [0.3, 0.4) is 0 Å². The molecule has 1 rings (SSSR count). The maximum Gasteiger partial charge on any atom is 1.00 e. The molecule has 0 aliphatic carbocycles. The van der Waals surface area contributed by atoms with E-state index in [0.29, 0.717) is 0 Å². The molecule has 8 heavy (non-hydrogen) atoms. The van der Waals surface area contributed by atoms with E-state index < -0.39 is 0 Å². The number of benzene rings is 1. The molecule has 0 atom stereocenters. The fourth-order valence-electron chi connectivity index (χ4n) is 0.342. The van der Waals surface area contributed by atoms with Crippen molar-refractivity contribution < 1.29 is 51.4 Å². The molecule has 0 fully saturated rings. The Labute approximate surface area is 99.5 Å². The van der Waals surface area contributed by atoms with Crippen LogP contribution in [0.1, 0.15) is 0 Å². The second-order valence-electron chi connectivity index (χ2n) is 1.08. The van der Waals surface area contributed by atoms with Gasteiger partial charge in [-0.3, -0.25) is 0 Å². The van der Waals surface area contributed by atoms with Crippen LogP contribution in [-0.4, -0.2) is 0 Å². The first-order valence-corrected chi connectivity index (χ1v) is 1.91. The molecule has 2 heteroatoms. The molecule has 0 amide bonds. The maximum atomic E-state index is 2.89. The van der Waals surface area contributed by atoms with Gasteiger partial charge in [0.15, 0.2) is 0 Å². The first-order chi connectivity index (χ1) is 3.00. The Bertz CT molecular complexity index is 80.5. The Kier molecular flexibility index (Phi) is 12.2. The van der Waals surface area contributed by atoms with Gasteiger partial charge in [-0.05, 0) is 0 Å². The molecule has 0 N–H and O–H groups in total. The minimum absolute atomic E-state index is 0. The van der Waals surface area contributed by atoms with Gasteiger partial charge in [-0.25, -0.2) is 0 Å². The van der Waals surface area contributed by atoms with Gasteiger partial charge in [0.05, 0.1) is 0 Å². The average Bonchev–Trinajstić information content (AvgIpc) is 1.72. The van der Waals surface area contributed by atoms with Gasteiger partial charge in [-0.15, -0.1) is 0 Å². The molecule has 0 radical (unpaired) electrons. The van der Waals surface area contributed by atoms with E-state index in [1.165, 1.54) is 0 Å². The zero-order valence-corrected chi connectivity index (χ0v) is 8.73. The summed E-state index contributed by atoms with van der Waals surface area (Å²) in [6, 6.07) is 12.5. The van der Waals surface area contributed by atoms with E-state index in [1.54, 1.807) is 0 Å². The third-order valence-electron chi connectivity index (χ3n) is 0.607. The van der Waals surface area contributed by atoms with E-state index in [-0.39, 0.29) is 64.9 Å². The second kappa shape index (κ2) is 8.21. The summed E-state index contributed by atoms with van der Waals surface area (Å²) in [7, 11) is 0. The molecule has 0 nitrogen and oxygen atoms in total. The minimum atomic E-state index is 0. The van der Waals surface area contributed by atoms with Crippen molar-refractivity contribution in [1.29, 1.82) is 0 Å². The first-order valence-electron chi connectivity index (χ1n) is 1.91. The number of hydrogen-bond acceptors (Lipinski definition) is 0. The van der Waals surface area contributed by atoms with Crippen LogP contribution < -0.4 is 51.4 Å². The average molecular weight is 148 g/mol. The zero-order chi connectivity index (χ0) is 4.24. The predicted octanol–water partition coefficient (Wildman–Crippen LogP) is -1.51. The molecule has 0 saturated heterocycles. The van der Waals surface area contributed by atoms with E-state index in [4.69, 9.17) is 0 Å². The largest absolute Gasteiger partial charge is 2.00 e. The topological polar surface area (TPSA) is 0 Å². The molecule has 1 aromatic rings. The van der Waals surface area contributed by atoms with Crippen LogP contribution in [0.5, 0.6) is 0 Å². The maximum absolute atomic E-state index is 2.89. The van der Waals surface area contributed by atoms with E-state index in [9.17, 15) is 0 Å². The van der Waals surface area contributed by atoms with Gasteiger partial charge in [0.25, 0.3) is 0 Å². The standard InChI is InChI=1S/C6H5.K.S/c1-2-4-6-5-3-1;;/h1-5H;;/q-1;+1;-2. The van der Waals surface area contributed by atoms with Crippen LogP contribution in [0.4, 0.5) is 0 Å². The summed E-state index contributed by atoms with van der Waals surface area (Å²) in [6.45, 7) is 0. The molecule has 0 heterocycles. The van der Waals surface area contributed by atoms with Crippen molar-refractivity contribution in [2.75, 3.05) is 0 Å². The van der Waals surface area contributed by atoms with E-state index in [0.717, 1.165) is 0 Å². The van der Waals surface area contributed by atoms with Gasteiger partial charge in [0.1, 0.15) is 0 Å². The molecule has 0 bridgehead atoms. The molecule has 0 saturated carbocycles. The third kappa shape index (κ3) is 5.35. The van der Waals surface area contributed by atoms with Gasteiger partial charge in [-0.2, -0.15) is 36.4 Å². The molecule has 1 aromatic carbocycles. The van der Waals surface area contributed by atoms with Crippen LogP contribution >= 0.6 is 0 Å². The van der Waals surface area contributed by atoms with E-state index in [1.807, 2.05) is 30.3 Å². The number of hydrogen-bond donors (Lipinski definition) is 0. The van der Waals surface area contributed by atoms with Crippen LogP contribution in [0.25, 0.3) is 0 Å². The van der Waals surface area contributed by atoms with Gasteiger partial charge in [-0.1, -0.05) is 0 Å². The normalized spacial score (nSPS) is 6.00. The molecule has 0 unspecified atom stereocenters. The zero-order valence-electron chi connectivity index (χ0n) is 4.79. The number of rotatable bonds is 0. The van der Waals surface area contributed by atoms with Crippen molar-refractivity contribution in [3.8, 4) is 0 Å². The second-order valence-corrected chi connectivity index (χ2v) is 1.08. The summed E-state index contributed by atoms with van der Waals surface area (Å²) in [5, 5.41) is 0. The van der Waals surface area contributed by atoms with Crippen LogP contribution in [0.2, 0.25) is 0 Å². The van der Waals surface area contributed by atoms with Crippen molar-refractivity contribution >= 4 is 13.5 Å². The smallest absolute Gasteiger partial charge is 1.00 e. The molecule has 0 aliphatic heterocycles. The summed E-state index contributed by atoms with van der Waals surface area (Å²) < 4.78 is 0. The van der Waals surface area contributed by atoms with Gasteiger partial charge in [0, 0.05) is 0 Å². The fraction of sp³-hybridized carbons (Fsp3) is 0. The SMILES string of the molecule is [K+].[S-2].[c-]1ccccc1. The monoisotopic (exact) mass is 148 g/mol. The quantitative estimate of drug-likeness (QED) is 0.310. The Balaban J connectivity index is 0. The van der Waals surface area contributed by atoms with Crippen LogP contribution in [0.15, 0.2) is 30.3 Å². The van der Waals surface area contributed by atoms with Gasteiger partial charge >= 0.3 is 51.4 Å². The fourth-order valence-corrected chi connectivity index (χ4v) is 0.342. The van der Waals surface area contributed by atoms with E-state index >= 15 is 0 Å². The summed E-state index contributed by atoms with van der Waals surface area (Å²) in [5.41, 5.74) is 0. The van der Waals surface area contributed by atoms with Crippen LogP contribution in [-0.2, 0) is 13.5 Å². The summed E-state index contributed by atoms with van der Waals surface area (Å²) in [6.07, 6.45) is 0. The molecular formula is C6H5KS-2. The molecule has 0 spiro atoms.